The third-order valence-electron chi connectivity index (χ3n) is 4.25. The number of amides is 1. The van der Waals surface area contributed by atoms with Crippen LogP contribution in [0.4, 0.5) is 0 Å². The van der Waals surface area contributed by atoms with Gasteiger partial charge < -0.3 is 15.4 Å². The van der Waals surface area contributed by atoms with Crippen molar-refractivity contribution in [2.75, 3.05) is 26.8 Å². The Hall–Kier alpha value is -0.610. The molecule has 0 radical (unpaired) electrons. The SMILES string of the molecule is COCCC1(C(=O)NCC2CCCN2)CCC1. The summed E-state index contributed by atoms with van der Waals surface area (Å²) in [4.78, 5) is 12.2. The first kappa shape index (κ1) is 12.8. The van der Waals surface area contributed by atoms with Crippen LogP contribution in [0.15, 0.2) is 0 Å². The van der Waals surface area contributed by atoms with E-state index >= 15 is 0 Å². The number of nitrogens with one attached hydrogen (secondary N) is 2. The fraction of sp³-hybridized carbons (Fsp3) is 0.923. The van der Waals surface area contributed by atoms with Gasteiger partial charge in [0.05, 0.1) is 5.41 Å². The molecule has 17 heavy (non-hydrogen) atoms. The molecule has 1 heterocycles. The van der Waals surface area contributed by atoms with Crippen molar-refractivity contribution in [1.82, 2.24) is 10.6 Å². The molecule has 1 aliphatic carbocycles. The maximum absolute atomic E-state index is 12.2. The van der Waals surface area contributed by atoms with Gasteiger partial charge in [-0.1, -0.05) is 6.42 Å². The molecular formula is C13H24N2O2. The third kappa shape index (κ3) is 2.99. The Balaban J connectivity index is 1.76. The zero-order chi connectivity index (χ0) is 12.1. The van der Waals surface area contributed by atoms with E-state index in [0.29, 0.717) is 12.6 Å². The van der Waals surface area contributed by atoms with Gasteiger partial charge >= 0.3 is 0 Å². The van der Waals surface area contributed by atoms with Gasteiger partial charge in [0.2, 0.25) is 5.91 Å². The molecular weight excluding hydrogens is 216 g/mol. The van der Waals surface area contributed by atoms with Crippen LogP contribution in [0.25, 0.3) is 0 Å². The van der Waals surface area contributed by atoms with Gasteiger partial charge in [-0.05, 0) is 38.6 Å². The van der Waals surface area contributed by atoms with Crippen molar-refractivity contribution in [3.63, 3.8) is 0 Å². The summed E-state index contributed by atoms with van der Waals surface area (Å²) in [6, 6.07) is 0.485. The molecule has 98 valence electrons. The Bertz CT molecular complexity index is 258. The molecule has 2 N–H and O–H groups in total. The summed E-state index contributed by atoms with van der Waals surface area (Å²) in [5, 5.41) is 6.52. The maximum Gasteiger partial charge on any atom is 0.226 e. The molecule has 0 aromatic rings. The molecule has 2 fully saturated rings. The summed E-state index contributed by atoms with van der Waals surface area (Å²) in [6.45, 7) is 2.57. The van der Waals surface area contributed by atoms with Gasteiger partial charge in [0, 0.05) is 26.3 Å². The summed E-state index contributed by atoms with van der Waals surface area (Å²) in [5.41, 5.74) is -0.116. The summed E-state index contributed by atoms with van der Waals surface area (Å²) in [6.07, 6.45) is 6.52. The van der Waals surface area contributed by atoms with E-state index in [2.05, 4.69) is 10.6 Å². The Labute approximate surface area is 103 Å². The highest BCUT2D eigenvalue weighted by Crippen LogP contribution is 2.44. The third-order valence-corrected chi connectivity index (χ3v) is 4.25. The highest BCUT2D eigenvalue weighted by molar-refractivity contribution is 5.83. The largest absolute Gasteiger partial charge is 0.385 e. The number of methoxy groups -OCH3 is 1. The van der Waals surface area contributed by atoms with E-state index in [-0.39, 0.29) is 11.3 Å². The molecule has 1 aliphatic heterocycles. The zero-order valence-electron chi connectivity index (χ0n) is 10.8. The fourth-order valence-corrected chi connectivity index (χ4v) is 2.83. The van der Waals surface area contributed by atoms with Crippen LogP contribution < -0.4 is 10.6 Å². The second kappa shape index (κ2) is 5.83. The molecule has 1 amide bonds. The number of hydrogen-bond acceptors (Lipinski definition) is 3. The predicted octanol–water partition coefficient (Wildman–Crippen LogP) is 1.06. The van der Waals surface area contributed by atoms with Crippen molar-refractivity contribution in [2.24, 2.45) is 5.41 Å². The fourth-order valence-electron chi connectivity index (χ4n) is 2.83. The smallest absolute Gasteiger partial charge is 0.226 e. The van der Waals surface area contributed by atoms with Crippen LogP contribution >= 0.6 is 0 Å². The number of hydrogen-bond donors (Lipinski definition) is 2. The molecule has 4 heteroatoms. The van der Waals surface area contributed by atoms with Crippen molar-refractivity contribution in [1.29, 1.82) is 0 Å². The van der Waals surface area contributed by atoms with Gasteiger partial charge in [0.25, 0.3) is 0 Å². The van der Waals surface area contributed by atoms with Gasteiger partial charge in [0.1, 0.15) is 0 Å². The van der Waals surface area contributed by atoms with E-state index in [1.54, 1.807) is 7.11 Å². The van der Waals surface area contributed by atoms with Gasteiger partial charge in [-0.3, -0.25) is 4.79 Å². The predicted molar refractivity (Wildman–Crippen MR) is 66.8 cm³/mol. The Morgan fingerprint density at radius 3 is 2.82 bits per heavy atom. The van der Waals surface area contributed by atoms with E-state index in [1.807, 2.05) is 0 Å². The average molecular weight is 240 g/mol. The molecule has 0 spiro atoms. The summed E-state index contributed by atoms with van der Waals surface area (Å²) in [7, 11) is 1.70. The monoisotopic (exact) mass is 240 g/mol. The maximum atomic E-state index is 12.2. The van der Waals surface area contributed by atoms with E-state index in [4.69, 9.17) is 4.74 Å². The van der Waals surface area contributed by atoms with Gasteiger partial charge in [0.15, 0.2) is 0 Å². The van der Waals surface area contributed by atoms with Crippen molar-refractivity contribution >= 4 is 5.91 Å². The van der Waals surface area contributed by atoms with E-state index in [1.165, 1.54) is 19.3 Å². The van der Waals surface area contributed by atoms with Crippen LogP contribution in [0.5, 0.6) is 0 Å². The van der Waals surface area contributed by atoms with Crippen LogP contribution in [0, 0.1) is 5.41 Å². The minimum Gasteiger partial charge on any atom is -0.385 e. The van der Waals surface area contributed by atoms with Crippen molar-refractivity contribution in [3.05, 3.63) is 0 Å². The average Bonchev–Trinajstić information content (AvgIpc) is 2.78. The lowest BCUT2D eigenvalue weighted by Gasteiger charge is -2.40. The molecule has 4 nitrogen and oxygen atoms in total. The molecule has 0 bridgehead atoms. The molecule has 1 unspecified atom stereocenters. The normalized spacial score (nSPS) is 26.5. The summed E-state index contributed by atoms with van der Waals surface area (Å²) < 4.78 is 5.11. The van der Waals surface area contributed by atoms with Crippen molar-refractivity contribution in [2.45, 2.75) is 44.6 Å². The summed E-state index contributed by atoms with van der Waals surface area (Å²) >= 11 is 0. The van der Waals surface area contributed by atoms with Crippen LogP contribution in [0.1, 0.15) is 38.5 Å². The van der Waals surface area contributed by atoms with Crippen LogP contribution in [0.2, 0.25) is 0 Å². The number of carbonyl (C=O) groups excluding carboxylic acids is 1. The topological polar surface area (TPSA) is 50.4 Å². The first-order chi connectivity index (χ1) is 8.27. The Kier molecular flexibility index (Phi) is 4.40. The van der Waals surface area contributed by atoms with E-state index in [0.717, 1.165) is 32.4 Å². The lowest BCUT2D eigenvalue weighted by molar-refractivity contribution is -0.137. The Morgan fingerprint density at radius 1 is 1.47 bits per heavy atom. The molecule has 1 atom stereocenters. The molecule has 0 aromatic carbocycles. The van der Waals surface area contributed by atoms with Gasteiger partial charge in [-0.15, -0.1) is 0 Å². The van der Waals surface area contributed by atoms with E-state index < -0.39 is 0 Å². The minimum atomic E-state index is -0.116. The second-order valence-corrected chi connectivity index (χ2v) is 5.38. The quantitative estimate of drug-likeness (QED) is 0.730. The van der Waals surface area contributed by atoms with Crippen molar-refractivity contribution in [3.8, 4) is 0 Å². The number of rotatable bonds is 6. The van der Waals surface area contributed by atoms with Crippen LogP contribution in [-0.4, -0.2) is 38.8 Å². The van der Waals surface area contributed by atoms with Gasteiger partial charge in [-0.2, -0.15) is 0 Å². The second-order valence-electron chi connectivity index (χ2n) is 5.38. The minimum absolute atomic E-state index is 0.116. The molecule has 0 aromatic heterocycles. The van der Waals surface area contributed by atoms with E-state index in [9.17, 15) is 4.79 Å². The van der Waals surface area contributed by atoms with Crippen molar-refractivity contribution < 1.29 is 9.53 Å². The molecule has 1 saturated heterocycles. The Morgan fingerprint density at radius 2 is 2.29 bits per heavy atom. The highest BCUT2D eigenvalue weighted by atomic mass is 16.5. The lowest BCUT2D eigenvalue weighted by Crippen LogP contribution is -2.49. The van der Waals surface area contributed by atoms with Crippen LogP contribution in [-0.2, 0) is 9.53 Å². The lowest BCUT2D eigenvalue weighted by atomic mass is 9.66. The standard InChI is InChI=1S/C13H24N2O2/c1-17-9-7-13(5-3-6-13)12(16)15-10-11-4-2-8-14-11/h11,14H,2-10H2,1H3,(H,15,16). The van der Waals surface area contributed by atoms with Gasteiger partial charge in [-0.25, -0.2) is 0 Å². The molecule has 1 saturated carbocycles. The summed E-state index contributed by atoms with van der Waals surface area (Å²) in [5.74, 6) is 0.245. The number of carbonyl (C=O) groups is 1. The highest BCUT2D eigenvalue weighted by Gasteiger charge is 2.43. The number of ether oxygens (including phenoxy) is 1. The first-order valence-electron chi connectivity index (χ1n) is 6.77. The zero-order valence-corrected chi connectivity index (χ0v) is 10.8. The first-order valence-corrected chi connectivity index (χ1v) is 6.77. The van der Waals surface area contributed by atoms with Crippen LogP contribution in [0.3, 0.4) is 0 Å². The molecule has 2 aliphatic rings. The molecule has 2 rings (SSSR count).